The third-order valence-corrected chi connectivity index (χ3v) is 6.15. The lowest BCUT2D eigenvalue weighted by Gasteiger charge is -2.27. The summed E-state index contributed by atoms with van der Waals surface area (Å²) in [4.78, 5) is 20.9. The van der Waals surface area contributed by atoms with Crippen LogP contribution < -0.4 is 0 Å². The fourth-order valence-electron chi connectivity index (χ4n) is 5.02. The molecule has 0 spiro atoms. The van der Waals surface area contributed by atoms with Crippen LogP contribution in [0.2, 0.25) is 0 Å². The van der Waals surface area contributed by atoms with E-state index in [2.05, 4.69) is 52.2 Å². The zero-order chi connectivity index (χ0) is 17.7. The van der Waals surface area contributed by atoms with Gasteiger partial charge in [0.2, 0.25) is 0 Å². The molecule has 0 unspecified atom stereocenters. The molecule has 1 amide bonds. The van der Waals surface area contributed by atoms with Crippen molar-refractivity contribution in [1.29, 1.82) is 0 Å². The number of amides is 1. The SMILES string of the molecule is CN1C[C@@H]2CN(C(=O)c3cccc4[nH]ccc34)C[C@H]2[C@H]1c1ccccc1. The number of aromatic amines is 1. The Labute approximate surface area is 153 Å². The molecule has 0 saturated carbocycles. The number of H-pyrrole nitrogens is 1. The summed E-state index contributed by atoms with van der Waals surface area (Å²) in [7, 11) is 2.21. The average Bonchev–Trinajstić information content (AvgIpc) is 3.35. The highest BCUT2D eigenvalue weighted by Crippen LogP contribution is 2.44. The summed E-state index contributed by atoms with van der Waals surface area (Å²) < 4.78 is 0. The number of benzene rings is 2. The Balaban J connectivity index is 1.42. The Kier molecular flexibility index (Phi) is 3.61. The van der Waals surface area contributed by atoms with E-state index in [1.807, 2.05) is 30.5 Å². The first-order valence-corrected chi connectivity index (χ1v) is 9.33. The molecule has 3 heterocycles. The van der Waals surface area contributed by atoms with Crippen molar-refractivity contribution in [2.45, 2.75) is 6.04 Å². The van der Waals surface area contributed by atoms with Crippen molar-refractivity contribution in [3.63, 3.8) is 0 Å². The van der Waals surface area contributed by atoms with Gasteiger partial charge in [-0.1, -0.05) is 36.4 Å². The molecule has 2 fully saturated rings. The number of fused-ring (bicyclic) bond motifs is 2. The van der Waals surface area contributed by atoms with Crippen molar-refractivity contribution in [3.05, 3.63) is 71.9 Å². The van der Waals surface area contributed by atoms with Gasteiger partial charge in [0.25, 0.3) is 5.91 Å². The van der Waals surface area contributed by atoms with E-state index in [4.69, 9.17) is 0 Å². The highest BCUT2D eigenvalue weighted by atomic mass is 16.2. The molecule has 2 saturated heterocycles. The summed E-state index contributed by atoms with van der Waals surface area (Å²) in [5.74, 6) is 1.23. The Morgan fingerprint density at radius 1 is 1.00 bits per heavy atom. The summed E-state index contributed by atoms with van der Waals surface area (Å²) >= 11 is 0. The van der Waals surface area contributed by atoms with Crippen molar-refractivity contribution in [3.8, 4) is 0 Å². The van der Waals surface area contributed by atoms with Crippen LogP contribution in [0, 0.1) is 11.8 Å². The van der Waals surface area contributed by atoms with Crippen molar-refractivity contribution in [2.75, 3.05) is 26.7 Å². The van der Waals surface area contributed by atoms with Crippen LogP contribution in [0.1, 0.15) is 22.0 Å². The molecule has 4 nitrogen and oxygen atoms in total. The van der Waals surface area contributed by atoms with E-state index in [1.165, 1.54) is 5.56 Å². The van der Waals surface area contributed by atoms with Gasteiger partial charge in [0, 0.05) is 54.3 Å². The van der Waals surface area contributed by atoms with Crippen molar-refractivity contribution in [2.24, 2.45) is 11.8 Å². The van der Waals surface area contributed by atoms with E-state index < -0.39 is 0 Å². The van der Waals surface area contributed by atoms with Gasteiger partial charge < -0.3 is 9.88 Å². The molecular formula is C22H23N3O. The Morgan fingerprint density at radius 3 is 2.69 bits per heavy atom. The molecule has 3 atom stereocenters. The normalized spacial score (nSPS) is 25.7. The third kappa shape index (κ3) is 2.36. The summed E-state index contributed by atoms with van der Waals surface area (Å²) in [5.41, 5.74) is 3.20. The van der Waals surface area contributed by atoms with Crippen LogP contribution in [0.5, 0.6) is 0 Å². The van der Waals surface area contributed by atoms with Crippen LogP contribution in [0.3, 0.4) is 0 Å². The van der Waals surface area contributed by atoms with Gasteiger partial charge in [-0.15, -0.1) is 0 Å². The van der Waals surface area contributed by atoms with E-state index in [0.717, 1.165) is 36.1 Å². The molecule has 1 aromatic heterocycles. The van der Waals surface area contributed by atoms with Crippen LogP contribution in [0.4, 0.5) is 0 Å². The fourth-order valence-corrected chi connectivity index (χ4v) is 5.02. The molecule has 26 heavy (non-hydrogen) atoms. The second kappa shape index (κ2) is 5.99. The number of hydrogen-bond donors (Lipinski definition) is 1. The second-order valence-electron chi connectivity index (χ2n) is 7.67. The number of nitrogens with zero attached hydrogens (tertiary/aromatic N) is 2. The maximum absolute atomic E-state index is 13.2. The minimum absolute atomic E-state index is 0.166. The zero-order valence-corrected chi connectivity index (χ0v) is 14.9. The lowest BCUT2D eigenvalue weighted by atomic mass is 9.90. The summed E-state index contributed by atoms with van der Waals surface area (Å²) in [6, 6.07) is 19.1. The van der Waals surface area contributed by atoms with Crippen LogP contribution in [0.15, 0.2) is 60.8 Å². The number of carbonyl (C=O) groups is 1. The highest BCUT2D eigenvalue weighted by Gasteiger charge is 2.47. The van der Waals surface area contributed by atoms with Crippen molar-refractivity contribution in [1.82, 2.24) is 14.8 Å². The summed E-state index contributed by atoms with van der Waals surface area (Å²) in [6.07, 6.45) is 1.90. The molecular weight excluding hydrogens is 322 g/mol. The minimum Gasteiger partial charge on any atom is -0.361 e. The largest absolute Gasteiger partial charge is 0.361 e. The van der Waals surface area contributed by atoms with E-state index in [9.17, 15) is 4.79 Å². The first kappa shape index (κ1) is 15.6. The first-order chi connectivity index (χ1) is 12.7. The predicted molar refractivity (Wildman–Crippen MR) is 103 cm³/mol. The van der Waals surface area contributed by atoms with Crippen molar-refractivity contribution < 1.29 is 4.79 Å². The van der Waals surface area contributed by atoms with Gasteiger partial charge >= 0.3 is 0 Å². The minimum atomic E-state index is 0.166. The van der Waals surface area contributed by atoms with Crippen LogP contribution >= 0.6 is 0 Å². The van der Waals surface area contributed by atoms with Gasteiger partial charge in [-0.05, 0) is 36.7 Å². The van der Waals surface area contributed by atoms with E-state index >= 15 is 0 Å². The van der Waals surface area contributed by atoms with Gasteiger partial charge in [-0.3, -0.25) is 9.69 Å². The molecule has 0 bridgehead atoms. The molecule has 5 rings (SSSR count). The fraction of sp³-hybridized carbons (Fsp3) is 0.318. The molecule has 2 aromatic carbocycles. The van der Waals surface area contributed by atoms with Gasteiger partial charge in [0.1, 0.15) is 0 Å². The van der Waals surface area contributed by atoms with Gasteiger partial charge in [0.15, 0.2) is 0 Å². The second-order valence-corrected chi connectivity index (χ2v) is 7.67. The molecule has 132 valence electrons. The Morgan fingerprint density at radius 2 is 1.85 bits per heavy atom. The maximum Gasteiger partial charge on any atom is 0.254 e. The first-order valence-electron chi connectivity index (χ1n) is 9.33. The number of rotatable bonds is 2. The molecule has 0 radical (unpaired) electrons. The summed E-state index contributed by atoms with van der Waals surface area (Å²) in [6.45, 7) is 2.76. The van der Waals surface area contributed by atoms with Crippen LogP contribution in [-0.2, 0) is 0 Å². The predicted octanol–water partition coefficient (Wildman–Crippen LogP) is 3.54. The van der Waals surface area contributed by atoms with Gasteiger partial charge in [-0.25, -0.2) is 0 Å². The quantitative estimate of drug-likeness (QED) is 0.772. The number of aromatic nitrogens is 1. The van der Waals surface area contributed by atoms with Crippen molar-refractivity contribution >= 4 is 16.8 Å². The highest BCUT2D eigenvalue weighted by molar-refractivity contribution is 6.06. The van der Waals surface area contributed by atoms with E-state index in [0.29, 0.717) is 17.9 Å². The topological polar surface area (TPSA) is 39.3 Å². The molecule has 2 aliphatic rings. The summed E-state index contributed by atoms with van der Waals surface area (Å²) in [5, 5.41) is 1.02. The Hall–Kier alpha value is -2.59. The molecule has 3 aromatic rings. The third-order valence-electron chi connectivity index (χ3n) is 6.15. The van der Waals surface area contributed by atoms with Gasteiger partial charge in [0.05, 0.1) is 0 Å². The van der Waals surface area contributed by atoms with Crippen LogP contribution in [-0.4, -0.2) is 47.4 Å². The number of likely N-dealkylation sites (tertiary alicyclic amines) is 2. The van der Waals surface area contributed by atoms with Crippen LogP contribution in [0.25, 0.3) is 10.9 Å². The number of hydrogen-bond acceptors (Lipinski definition) is 2. The van der Waals surface area contributed by atoms with E-state index in [-0.39, 0.29) is 5.91 Å². The smallest absolute Gasteiger partial charge is 0.254 e. The molecule has 0 aliphatic carbocycles. The van der Waals surface area contributed by atoms with Gasteiger partial charge in [-0.2, -0.15) is 0 Å². The monoisotopic (exact) mass is 345 g/mol. The average molecular weight is 345 g/mol. The lowest BCUT2D eigenvalue weighted by molar-refractivity contribution is 0.0770. The zero-order valence-electron chi connectivity index (χ0n) is 14.9. The Bertz CT molecular complexity index is 948. The molecule has 2 aliphatic heterocycles. The van der Waals surface area contributed by atoms with E-state index in [1.54, 1.807) is 0 Å². The standard InChI is InChI=1S/C22H23N3O/c1-24-12-16-13-25(14-19(16)21(24)15-6-3-2-4-7-15)22(26)18-8-5-9-20-17(18)10-11-23-20/h2-11,16,19,21,23H,12-14H2,1H3/t16-,19-,21-/m1/s1. The number of carbonyl (C=O) groups excluding carboxylic acids is 1. The molecule has 4 heteroatoms. The molecule has 1 N–H and O–H groups in total. The maximum atomic E-state index is 13.2. The number of nitrogens with one attached hydrogen (secondary N) is 1. The lowest BCUT2D eigenvalue weighted by Crippen LogP contribution is -2.33.